The second-order valence-corrected chi connectivity index (χ2v) is 6.05. The molecule has 3 nitrogen and oxygen atoms in total. The molecule has 1 aromatic carbocycles. The molecule has 1 aliphatic rings. The molecule has 0 saturated carbocycles. The lowest BCUT2D eigenvalue weighted by atomic mass is 9.87. The molecule has 1 unspecified atom stereocenters. The molecule has 1 aliphatic heterocycles. The molecule has 0 amide bonds. The van der Waals surface area contributed by atoms with Crippen molar-refractivity contribution in [2.45, 2.75) is 38.3 Å². The number of likely N-dealkylation sites (tertiary alicyclic amines) is 1. The summed E-state index contributed by atoms with van der Waals surface area (Å²) in [5.41, 5.74) is 1.37. The van der Waals surface area contributed by atoms with Gasteiger partial charge in [0, 0.05) is 23.7 Å². The lowest BCUT2D eigenvalue weighted by molar-refractivity contribution is 0.0721. The average Bonchev–Trinajstić information content (AvgIpc) is 2.76. The molecule has 0 N–H and O–H groups in total. The Bertz CT molecular complexity index is 523. The highest BCUT2D eigenvalue weighted by Gasteiger charge is 2.33. The van der Waals surface area contributed by atoms with E-state index in [2.05, 4.69) is 60.9 Å². The standard InChI is InChI=1S/C15H21N3/c1-15(2)10-13(8-9-17(15)3)18-11-12-6-4-5-7-14(12)16-18/h4-7,11,13H,8-10H2,1-3H3. The van der Waals surface area contributed by atoms with Gasteiger partial charge < -0.3 is 4.90 Å². The van der Waals surface area contributed by atoms with Crippen molar-refractivity contribution in [1.29, 1.82) is 0 Å². The van der Waals surface area contributed by atoms with Crippen molar-refractivity contribution < 1.29 is 0 Å². The summed E-state index contributed by atoms with van der Waals surface area (Å²) in [5, 5.41) is 5.97. The van der Waals surface area contributed by atoms with E-state index < -0.39 is 0 Å². The maximum atomic E-state index is 4.73. The lowest BCUT2D eigenvalue weighted by Gasteiger charge is -2.43. The Morgan fingerprint density at radius 1 is 1.28 bits per heavy atom. The molecule has 1 atom stereocenters. The molecule has 1 aromatic heterocycles. The number of benzene rings is 1. The minimum atomic E-state index is 0.265. The molecule has 1 fully saturated rings. The zero-order valence-corrected chi connectivity index (χ0v) is 11.4. The van der Waals surface area contributed by atoms with Gasteiger partial charge in [0.2, 0.25) is 0 Å². The van der Waals surface area contributed by atoms with Crippen LogP contribution in [0.5, 0.6) is 0 Å². The summed E-state index contributed by atoms with van der Waals surface area (Å²) in [6, 6.07) is 8.89. The summed E-state index contributed by atoms with van der Waals surface area (Å²) in [7, 11) is 2.22. The van der Waals surface area contributed by atoms with E-state index in [0.29, 0.717) is 6.04 Å². The summed E-state index contributed by atoms with van der Waals surface area (Å²) in [4.78, 5) is 2.45. The van der Waals surface area contributed by atoms with Crippen LogP contribution in [-0.2, 0) is 0 Å². The van der Waals surface area contributed by atoms with Crippen LogP contribution in [0.4, 0.5) is 0 Å². The Hall–Kier alpha value is -1.35. The van der Waals surface area contributed by atoms with E-state index in [-0.39, 0.29) is 5.54 Å². The predicted molar refractivity (Wildman–Crippen MR) is 74.7 cm³/mol. The molecule has 0 bridgehead atoms. The molecule has 3 heteroatoms. The third-order valence-electron chi connectivity index (χ3n) is 4.37. The van der Waals surface area contributed by atoms with Crippen LogP contribution in [0.15, 0.2) is 30.5 Å². The number of piperidine rings is 1. The van der Waals surface area contributed by atoms with Crippen molar-refractivity contribution in [1.82, 2.24) is 14.7 Å². The van der Waals surface area contributed by atoms with Crippen molar-refractivity contribution in [2.75, 3.05) is 13.6 Å². The third kappa shape index (κ3) is 1.93. The van der Waals surface area contributed by atoms with Crippen LogP contribution in [0.2, 0.25) is 0 Å². The Balaban J connectivity index is 1.91. The fraction of sp³-hybridized carbons (Fsp3) is 0.533. The number of nitrogens with zero attached hydrogens (tertiary/aromatic N) is 3. The van der Waals surface area contributed by atoms with Gasteiger partial charge in [-0.2, -0.15) is 5.10 Å². The van der Waals surface area contributed by atoms with E-state index in [1.54, 1.807) is 0 Å². The number of hydrogen-bond donors (Lipinski definition) is 0. The van der Waals surface area contributed by atoms with Crippen LogP contribution >= 0.6 is 0 Å². The van der Waals surface area contributed by atoms with Gasteiger partial charge in [0.25, 0.3) is 0 Å². The van der Waals surface area contributed by atoms with E-state index in [9.17, 15) is 0 Å². The molecule has 1 saturated heterocycles. The topological polar surface area (TPSA) is 21.1 Å². The van der Waals surface area contributed by atoms with Crippen molar-refractivity contribution in [3.8, 4) is 0 Å². The Morgan fingerprint density at radius 3 is 2.78 bits per heavy atom. The van der Waals surface area contributed by atoms with E-state index >= 15 is 0 Å². The molecule has 96 valence electrons. The largest absolute Gasteiger partial charge is 0.301 e. The van der Waals surface area contributed by atoms with Gasteiger partial charge in [-0.3, -0.25) is 4.68 Å². The fourth-order valence-corrected chi connectivity index (χ4v) is 2.88. The minimum Gasteiger partial charge on any atom is -0.301 e. The molecule has 2 aromatic rings. The van der Waals surface area contributed by atoms with Crippen molar-refractivity contribution in [3.05, 3.63) is 30.5 Å². The molecule has 0 spiro atoms. The zero-order chi connectivity index (χ0) is 12.8. The van der Waals surface area contributed by atoms with Gasteiger partial charge in [-0.05, 0) is 39.8 Å². The van der Waals surface area contributed by atoms with Crippen LogP contribution in [0.25, 0.3) is 10.9 Å². The van der Waals surface area contributed by atoms with Crippen LogP contribution in [0.3, 0.4) is 0 Å². The summed E-state index contributed by atoms with van der Waals surface area (Å²) in [6.45, 7) is 5.79. The second kappa shape index (κ2) is 4.09. The highest BCUT2D eigenvalue weighted by molar-refractivity contribution is 5.77. The van der Waals surface area contributed by atoms with E-state index in [1.165, 1.54) is 11.8 Å². The molecule has 3 rings (SSSR count). The predicted octanol–water partition coefficient (Wildman–Crippen LogP) is 3.08. The van der Waals surface area contributed by atoms with Crippen molar-refractivity contribution >= 4 is 10.9 Å². The molecular weight excluding hydrogens is 222 g/mol. The Morgan fingerprint density at radius 2 is 2.06 bits per heavy atom. The van der Waals surface area contributed by atoms with Crippen molar-refractivity contribution in [3.63, 3.8) is 0 Å². The molecule has 0 aliphatic carbocycles. The summed E-state index contributed by atoms with van der Waals surface area (Å²) >= 11 is 0. The molecular formula is C15H21N3. The van der Waals surface area contributed by atoms with E-state index in [1.807, 2.05) is 0 Å². The quantitative estimate of drug-likeness (QED) is 0.767. The highest BCUT2D eigenvalue weighted by atomic mass is 15.3. The lowest BCUT2D eigenvalue weighted by Crippen LogP contribution is -2.47. The number of aromatic nitrogens is 2. The van der Waals surface area contributed by atoms with Crippen molar-refractivity contribution in [2.24, 2.45) is 0 Å². The van der Waals surface area contributed by atoms with Gasteiger partial charge >= 0.3 is 0 Å². The SMILES string of the molecule is CN1CCC(n2cc3ccccc3n2)CC1(C)C. The number of fused-ring (bicyclic) bond motifs is 1. The monoisotopic (exact) mass is 243 g/mol. The Kier molecular flexibility index (Phi) is 2.67. The number of rotatable bonds is 1. The average molecular weight is 243 g/mol. The third-order valence-corrected chi connectivity index (χ3v) is 4.37. The maximum absolute atomic E-state index is 4.73. The van der Waals surface area contributed by atoms with Crippen LogP contribution < -0.4 is 0 Å². The van der Waals surface area contributed by atoms with Crippen LogP contribution in [0.1, 0.15) is 32.7 Å². The minimum absolute atomic E-state index is 0.265. The van der Waals surface area contributed by atoms with Gasteiger partial charge in [-0.15, -0.1) is 0 Å². The highest BCUT2D eigenvalue weighted by Crippen LogP contribution is 2.33. The van der Waals surface area contributed by atoms with Crippen LogP contribution in [0, 0.1) is 0 Å². The second-order valence-electron chi connectivity index (χ2n) is 6.05. The van der Waals surface area contributed by atoms with Gasteiger partial charge in [0.1, 0.15) is 0 Å². The maximum Gasteiger partial charge on any atom is 0.0923 e. The van der Waals surface area contributed by atoms with Gasteiger partial charge in [-0.25, -0.2) is 0 Å². The smallest absolute Gasteiger partial charge is 0.0923 e. The first-order valence-corrected chi connectivity index (χ1v) is 6.71. The van der Waals surface area contributed by atoms with Gasteiger partial charge in [0.15, 0.2) is 0 Å². The first-order valence-electron chi connectivity index (χ1n) is 6.71. The first kappa shape index (κ1) is 11.7. The summed E-state index contributed by atoms with van der Waals surface area (Å²) < 4.78 is 2.18. The molecule has 2 heterocycles. The normalized spacial score (nSPS) is 24.5. The zero-order valence-electron chi connectivity index (χ0n) is 11.4. The molecule has 18 heavy (non-hydrogen) atoms. The summed E-state index contributed by atoms with van der Waals surface area (Å²) in [5.74, 6) is 0. The Labute approximate surface area is 108 Å². The number of hydrogen-bond acceptors (Lipinski definition) is 2. The van der Waals surface area contributed by atoms with Gasteiger partial charge in [-0.1, -0.05) is 18.2 Å². The first-order chi connectivity index (χ1) is 8.56. The summed E-state index contributed by atoms with van der Waals surface area (Å²) in [6.07, 6.45) is 4.55. The van der Waals surface area contributed by atoms with E-state index in [0.717, 1.165) is 18.5 Å². The van der Waals surface area contributed by atoms with E-state index in [4.69, 9.17) is 5.10 Å². The van der Waals surface area contributed by atoms with Gasteiger partial charge in [0.05, 0.1) is 11.6 Å². The molecule has 0 radical (unpaired) electrons. The fourth-order valence-electron chi connectivity index (χ4n) is 2.88. The van der Waals surface area contributed by atoms with Crippen LogP contribution in [-0.4, -0.2) is 33.8 Å².